The molecule has 1 aliphatic heterocycles. The van der Waals surface area contributed by atoms with E-state index in [-0.39, 0.29) is 6.04 Å². The Morgan fingerprint density at radius 1 is 1.40 bits per heavy atom. The molecule has 5 nitrogen and oxygen atoms in total. The molecule has 0 radical (unpaired) electrons. The standard InChI is InChI=1S/C10H19N5/c1-7(2)6-8(11)9-10-14(3)4-5-15(10)13-12-9/h7-8H,4-6,11H2,1-3H3. The van der Waals surface area contributed by atoms with Gasteiger partial charge in [0.1, 0.15) is 5.69 Å². The second-order valence-corrected chi connectivity index (χ2v) is 4.68. The van der Waals surface area contributed by atoms with E-state index in [1.54, 1.807) is 0 Å². The van der Waals surface area contributed by atoms with Crippen molar-refractivity contribution in [3.63, 3.8) is 0 Å². The Bertz CT molecular complexity index is 344. The topological polar surface area (TPSA) is 60.0 Å². The van der Waals surface area contributed by atoms with Gasteiger partial charge in [-0.25, -0.2) is 4.68 Å². The quantitative estimate of drug-likeness (QED) is 0.799. The van der Waals surface area contributed by atoms with E-state index in [2.05, 4.69) is 36.1 Å². The van der Waals surface area contributed by atoms with Crippen molar-refractivity contribution >= 4 is 5.82 Å². The van der Waals surface area contributed by atoms with Crippen LogP contribution in [0.1, 0.15) is 32.0 Å². The summed E-state index contributed by atoms with van der Waals surface area (Å²) in [7, 11) is 2.06. The van der Waals surface area contributed by atoms with Crippen LogP contribution in [-0.4, -0.2) is 28.6 Å². The van der Waals surface area contributed by atoms with Gasteiger partial charge in [0.25, 0.3) is 0 Å². The second kappa shape index (κ2) is 3.81. The fraction of sp³-hybridized carbons (Fsp3) is 0.800. The lowest BCUT2D eigenvalue weighted by atomic mass is 10.0. The molecule has 2 N–H and O–H groups in total. The number of hydrogen-bond donors (Lipinski definition) is 1. The van der Waals surface area contributed by atoms with Crippen molar-refractivity contribution in [1.82, 2.24) is 15.0 Å². The van der Waals surface area contributed by atoms with E-state index in [4.69, 9.17) is 5.73 Å². The van der Waals surface area contributed by atoms with Gasteiger partial charge in [-0.05, 0) is 12.3 Å². The molecular weight excluding hydrogens is 190 g/mol. The lowest BCUT2D eigenvalue weighted by Crippen LogP contribution is -2.19. The molecule has 0 fully saturated rings. The van der Waals surface area contributed by atoms with Gasteiger partial charge in [-0.15, -0.1) is 5.10 Å². The van der Waals surface area contributed by atoms with E-state index < -0.39 is 0 Å². The van der Waals surface area contributed by atoms with E-state index in [0.29, 0.717) is 5.92 Å². The summed E-state index contributed by atoms with van der Waals surface area (Å²) in [6.45, 7) is 6.28. The smallest absolute Gasteiger partial charge is 0.152 e. The molecule has 0 saturated carbocycles. The number of nitrogens with two attached hydrogens (primary N) is 1. The Morgan fingerprint density at radius 3 is 2.80 bits per heavy atom. The van der Waals surface area contributed by atoms with E-state index in [9.17, 15) is 0 Å². The van der Waals surface area contributed by atoms with Crippen LogP contribution in [0.4, 0.5) is 5.82 Å². The maximum absolute atomic E-state index is 6.13. The summed E-state index contributed by atoms with van der Waals surface area (Å²) in [6, 6.07) is 0.00861. The highest BCUT2D eigenvalue weighted by molar-refractivity contribution is 5.46. The van der Waals surface area contributed by atoms with Crippen molar-refractivity contribution in [1.29, 1.82) is 0 Å². The minimum absolute atomic E-state index is 0.00861. The molecule has 1 unspecified atom stereocenters. The molecule has 15 heavy (non-hydrogen) atoms. The summed E-state index contributed by atoms with van der Waals surface area (Å²) in [5, 5.41) is 8.31. The molecule has 0 aliphatic carbocycles. The highest BCUT2D eigenvalue weighted by Crippen LogP contribution is 2.28. The van der Waals surface area contributed by atoms with Gasteiger partial charge in [-0.3, -0.25) is 0 Å². The van der Waals surface area contributed by atoms with Crippen LogP contribution < -0.4 is 10.6 Å². The van der Waals surface area contributed by atoms with Crippen LogP contribution in [0.5, 0.6) is 0 Å². The van der Waals surface area contributed by atoms with Crippen molar-refractivity contribution in [2.75, 3.05) is 18.5 Å². The molecule has 5 heteroatoms. The molecule has 0 amide bonds. The zero-order valence-electron chi connectivity index (χ0n) is 9.64. The average Bonchev–Trinajstić information content (AvgIpc) is 2.68. The van der Waals surface area contributed by atoms with Crippen molar-refractivity contribution in [2.24, 2.45) is 11.7 Å². The zero-order valence-corrected chi connectivity index (χ0v) is 9.64. The SMILES string of the molecule is CC(C)CC(N)c1nnn2c1N(C)CC2. The Kier molecular flexibility index (Phi) is 2.65. The van der Waals surface area contributed by atoms with Crippen LogP contribution in [0.3, 0.4) is 0 Å². The largest absolute Gasteiger partial charge is 0.356 e. The molecule has 2 rings (SSSR count). The normalized spacial score (nSPS) is 17.3. The summed E-state index contributed by atoms with van der Waals surface area (Å²) < 4.78 is 1.94. The van der Waals surface area contributed by atoms with Crippen LogP contribution in [0.2, 0.25) is 0 Å². The first-order valence-electron chi connectivity index (χ1n) is 5.49. The van der Waals surface area contributed by atoms with Gasteiger partial charge in [-0.2, -0.15) is 0 Å². The fourth-order valence-electron chi connectivity index (χ4n) is 2.07. The molecule has 2 heterocycles. The van der Waals surface area contributed by atoms with E-state index >= 15 is 0 Å². The van der Waals surface area contributed by atoms with Crippen molar-refractivity contribution in [3.8, 4) is 0 Å². The molecule has 0 saturated heterocycles. The first-order chi connectivity index (χ1) is 7.09. The number of hydrogen-bond acceptors (Lipinski definition) is 4. The molecular formula is C10H19N5. The Labute approximate surface area is 90.2 Å². The predicted octanol–water partition coefficient (Wildman–Crippen LogP) is 0.774. The number of likely N-dealkylation sites (N-methyl/N-ethyl adjacent to an activating group) is 1. The number of anilines is 1. The Hall–Kier alpha value is -1.10. The third kappa shape index (κ3) is 1.84. The molecule has 0 aromatic carbocycles. The maximum atomic E-state index is 6.13. The summed E-state index contributed by atoms with van der Waals surface area (Å²) in [5.41, 5.74) is 7.08. The van der Waals surface area contributed by atoms with E-state index in [0.717, 1.165) is 31.0 Å². The van der Waals surface area contributed by atoms with Crippen LogP contribution in [0, 0.1) is 5.92 Å². The van der Waals surface area contributed by atoms with E-state index in [1.807, 2.05) is 4.68 Å². The van der Waals surface area contributed by atoms with Gasteiger partial charge in [0.15, 0.2) is 5.82 Å². The second-order valence-electron chi connectivity index (χ2n) is 4.68. The highest BCUT2D eigenvalue weighted by Gasteiger charge is 2.26. The minimum Gasteiger partial charge on any atom is -0.356 e. The summed E-state index contributed by atoms with van der Waals surface area (Å²) in [5.74, 6) is 1.69. The average molecular weight is 209 g/mol. The molecule has 1 aromatic heterocycles. The minimum atomic E-state index is 0.00861. The number of rotatable bonds is 3. The maximum Gasteiger partial charge on any atom is 0.152 e. The highest BCUT2D eigenvalue weighted by atomic mass is 15.5. The fourth-order valence-corrected chi connectivity index (χ4v) is 2.07. The first-order valence-corrected chi connectivity index (χ1v) is 5.49. The van der Waals surface area contributed by atoms with Crippen LogP contribution in [0.25, 0.3) is 0 Å². The summed E-state index contributed by atoms with van der Waals surface area (Å²) >= 11 is 0. The van der Waals surface area contributed by atoms with Gasteiger partial charge in [0, 0.05) is 13.6 Å². The monoisotopic (exact) mass is 209 g/mol. The molecule has 84 valence electrons. The third-order valence-corrected chi connectivity index (χ3v) is 2.82. The number of aromatic nitrogens is 3. The molecule has 1 aliphatic rings. The third-order valence-electron chi connectivity index (χ3n) is 2.82. The van der Waals surface area contributed by atoms with Crippen LogP contribution >= 0.6 is 0 Å². The van der Waals surface area contributed by atoms with Crippen molar-refractivity contribution in [3.05, 3.63) is 5.69 Å². The van der Waals surface area contributed by atoms with Gasteiger partial charge in [-0.1, -0.05) is 19.1 Å². The lowest BCUT2D eigenvalue weighted by Gasteiger charge is -2.16. The first kappa shape index (κ1) is 10.4. The van der Waals surface area contributed by atoms with Gasteiger partial charge in [0.2, 0.25) is 0 Å². The van der Waals surface area contributed by atoms with Gasteiger partial charge >= 0.3 is 0 Å². The van der Waals surface area contributed by atoms with E-state index in [1.165, 1.54) is 0 Å². The van der Waals surface area contributed by atoms with Crippen molar-refractivity contribution < 1.29 is 0 Å². The molecule has 0 bridgehead atoms. The Morgan fingerprint density at radius 2 is 2.13 bits per heavy atom. The number of nitrogens with zero attached hydrogens (tertiary/aromatic N) is 4. The lowest BCUT2D eigenvalue weighted by molar-refractivity contribution is 0.501. The molecule has 0 spiro atoms. The summed E-state index contributed by atoms with van der Waals surface area (Å²) in [4.78, 5) is 2.18. The number of fused-ring (bicyclic) bond motifs is 1. The van der Waals surface area contributed by atoms with Gasteiger partial charge < -0.3 is 10.6 Å². The molecule has 1 atom stereocenters. The van der Waals surface area contributed by atoms with Crippen molar-refractivity contribution in [2.45, 2.75) is 32.9 Å². The zero-order chi connectivity index (χ0) is 11.0. The Balaban J connectivity index is 2.22. The predicted molar refractivity (Wildman–Crippen MR) is 59.7 cm³/mol. The van der Waals surface area contributed by atoms with Gasteiger partial charge in [0.05, 0.1) is 12.6 Å². The van der Waals surface area contributed by atoms with Crippen LogP contribution in [0.15, 0.2) is 0 Å². The summed E-state index contributed by atoms with van der Waals surface area (Å²) in [6.07, 6.45) is 0.958. The molecule has 1 aromatic rings. The van der Waals surface area contributed by atoms with Crippen LogP contribution in [-0.2, 0) is 6.54 Å².